The highest BCUT2D eigenvalue weighted by atomic mass is 32.2. The van der Waals surface area contributed by atoms with Crippen LogP contribution in [0.2, 0.25) is 0 Å². The summed E-state index contributed by atoms with van der Waals surface area (Å²) in [5.41, 5.74) is 2.16. The summed E-state index contributed by atoms with van der Waals surface area (Å²) >= 11 is 1.39. The highest BCUT2D eigenvalue weighted by Gasteiger charge is 2.14. The Hall–Kier alpha value is -2.80. The molecule has 1 amide bonds. The SMILES string of the molecule is CCn1c(SCC(=O)NCCOc2cccc(C)c2)nnc1-c1ccccc1. The van der Waals surface area contributed by atoms with E-state index in [4.69, 9.17) is 4.74 Å². The summed E-state index contributed by atoms with van der Waals surface area (Å²) < 4.78 is 7.66. The molecule has 6 nitrogen and oxygen atoms in total. The molecule has 0 aliphatic carbocycles. The maximum atomic E-state index is 12.1. The summed E-state index contributed by atoms with van der Waals surface area (Å²) in [5.74, 6) is 1.87. The molecule has 2 aromatic carbocycles. The van der Waals surface area contributed by atoms with Crippen LogP contribution in [0.3, 0.4) is 0 Å². The Bertz CT molecular complexity index is 912. The third kappa shape index (κ3) is 5.36. The largest absolute Gasteiger partial charge is 0.492 e. The van der Waals surface area contributed by atoms with Gasteiger partial charge >= 0.3 is 0 Å². The lowest BCUT2D eigenvalue weighted by atomic mass is 10.2. The van der Waals surface area contributed by atoms with E-state index in [-0.39, 0.29) is 11.7 Å². The van der Waals surface area contributed by atoms with Crippen molar-refractivity contribution in [3.63, 3.8) is 0 Å². The van der Waals surface area contributed by atoms with E-state index in [0.29, 0.717) is 13.2 Å². The predicted molar refractivity (Wildman–Crippen MR) is 112 cm³/mol. The topological polar surface area (TPSA) is 69.0 Å². The van der Waals surface area contributed by atoms with Gasteiger partial charge in [-0.3, -0.25) is 4.79 Å². The molecule has 0 fully saturated rings. The van der Waals surface area contributed by atoms with Gasteiger partial charge < -0.3 is 14.6 Å². The highest BCUT2D eigenvalue weighted by molar-refractivity contribution is 7.99. The molecule has 0 radical (unpaired) electrons. The maximum absolute atomic E-state index is 12.1. The molecule has 1 aromatic heterocycles. The number of carbonyl (C=O) groups excluding carboxylic acids is 1. The average molecular weight is 397 g/mol. The molecule has 1 heterocycles. The fourth-order valence-electron chi connectivity index (χ4n) is 2.73. The molecule has 28 heavy (non-hydrogen) atoms. The van der Waals surface area contributed by atoms with Crippen molar-refractivity contribution in [3.05, 3.63) is 60.2 Å². The number of ether oxygens (including phenoxy) is 1. The van der Waals surface area contributed by atoms with Gasteiger partial charge in [0, 0.05) is 12.1 Å². The lowest BCUT2D eigenvalue weighted by Crippen LogP contribution is -2.29. The molecule has 1 N–H and O–H groups in total. The van der Waals surface area contributed by atoms with E-state index in [9.17, 15) is 4.79 Å². The Labute approximate surface area is 169 Å². The number of carbonyl (C=O) groups is 1. The van der Waals surface area contributed by atoms with Crippen LogP contribution >= 0.6 is 11.8 Å². The molecule has 0 aliphatic heterocycles. The normalized spacial score (nSPS) is 10.6. The van der Waals surface area contributed by atoms with Crippen LogP contribution in [0.25, 0.3) is 11.4 Å². The van der Waals surface area contributed by atoms with Crippen molar-refractivity contribution in [2.45, 2.75) is 25.5 Å². The van der Waals surface area contributed by atoms with Crippen molar-refractivity contribution in [3.8, 4) is 17.1 Å². The summed E-state index contributed by atoms with van der Waals surface area (Å²) in [6.07, 6.45) is 0. The number of benzene rings is 2. The minimum atomic E-state index is -0.0512. The van der Waals surface area contributed by atoms with Crippen LogP contribution in [0.4, 0.5) is 0 Å². The number of aromatic nitrogens is 3. The second-order valence-corrected chi connectivity index (χ2v) is 7.16. The van der Waals surface area contributed by atoms with Crippen molar-refractivity contribution in [2.75, 3.05) is 18.9 Å². The average Bonchev–Trinajstić information content (AvgIpc) is 3.13. The third-order valence-corrected chi connectivity index (χ3v) is 5.05. The van der Waals surface area contributed by atoms with E-state index in [0.717, 1.165) is 34.4 Å². The van der Waals surface area contributed by atoms with Crippen molar-refractivity contribution >= 4 is 17.7 Å². The zero-order chi connectivity index (χ0) is 19.8. The van der Waals surface area contributed by atoms with Crippen molar-refractivity contribution in [1.29, 1.82) is 0 Å². The monoisotopic (exact) mass is 396 g/mol. The second-order valence-electron chi connectivity index (χ2n) is 6.22. The Morgan fingerprint density at radius 3 is 2.71 bits per heavy atom. The quantitative estimate of drug-likeness (QED) is 0.442. The van der Waals surface area contributed by atoms with Gasteiger partial charge in [-0.05, 0) is 31.5 Å². The van der Waals surface area contributed by atoms with E-state index < -0.39 is 0 Å². The number of nitrogens with zero attached hydrogens (tertiary/aromatic N) is 3. The van der Waals surface area contributed by atoms with Gasteiger partial charge in [-0.25, -0.2) is 0 Å². The van der Waals surface area contributed by atoms with E-state index in [2.05, 4.69) is 15.5 Å². The van der Waals surface area contributed by atoms with E-state index in [1.807, 2.05) is 73.0 Å². The minimum absolute atomic E-state index is 0.0512. The van der Waals surface area contributed by atoms with E-state index in [1.54, 1.807) is 0 Å². The molecule has 146 valence electrons. The van der Waals surface area contributed by atoms with Crippen LogP contribution in [0.15, 0.2) is 59.8 Å². The predicted octanol–water partition coefficient (Wildman–Crippen LogP) is 3.56. The second kappa shape index (κ2) is 9.94. The maximum Gasteiger partial charge on any atom is 0.230 e. The van der Waals surface area contributed by atoms with Crippen molar-refractivity contribution < 1.29 is 9.53 Å². The summed E-state index contributed by atoms with van der Waals surface area (Å²) in [6, 6.07) is 17.8. The number of nitrogens with one attached hydrogen (secondary N) is 1. The number of thioether (sulfide) groups is 1. The van der Waals surface area contributed by atoms with E-state index in [1.165, 1.54) is 11.8 Å². The number of amides is 1. The molecule has 7 heteroatoms. The smallest absolute Gasteiger partial charge is 0.230 e. The Morgan fingerprint density at radius 1 is 1.14 bits per heavy atom. The molecule has 0 atom stereocenters. The Balaban J connectivity index is 1.46. The highest BCUT2D eigenvalue weighted by Crippen LogP contribution is 2.23. The molecule has 0 unspecified atom stereocenters. The lowest BCUT2D eigenvalue weighted by Gasteiger charge is -2.09. The summed E-state index contributed by atoms with van der Waals surface area (Å²) in [7, 11) is 0. The molecular weight excluding hydrogens is 372 g/mol. The standard InChI is InChI=1S/C21H24N4O2S/c1-3-25-20(17-9-5-4-6-10-17)23-24-21(25)28-15-19(26)22-12-13-27-18-11-7-8-16(2)14-18/h4-11,14H,3,12-13,15H2,1-2H3,(H,22,26). The number of rotatable bonds is 9. The van der Waals surface area contributed by atoms with Crippen LogP contribution in [0.5, 0.6) is 5.75 Å². The number of hydrogen-bond acceptors (Lipinski definition) is 5. The van der Waals surface area contributed by atoms with Crippen molar-refractivity contribution in [2.24, 2.45) is 0 Å². The number of aryl methyl sites for hydroxylation is 1. The summed E-state index contributed by atoms with van der Waals surface area (Å²) in [5, 5.41) is 12.2. The van der Waals surface area contributed by atoms with Gasteiger partial charge in [0.25, 0.3) is 0 Å². The fourth-order valence-corrected chi connectivity index (χ4v) is 3.56. The minimum Gasteiger partial charge on any atom is -0.492 e. The van der Waals surface area contributed by atoms with Crippen LogP contribution < -0.4 is 10.1 Å². The molecule has 0 saturated heterocycles. The summed E-state index contributed by atoms with van der Waals surface area (Å²) in [6.45, 7) is 5.70. The molecule has 0 saturated carbocycles. The first-order chi connectivity index (χ1) is 13.7. The first-order valence-electron chi connectivity index (χ1n) is 9.25. The van der Waals surface area contributed by atoms with Crippen LogP contribution in [-0.4, -0.2) is 39.6 Å². The van der Waals surface area contributed by atoms with Gasteiger partial charge in [0.2, 0.25) is 5.91 Å². The molecule has 3 rings (SSSR count). The zero-order valence-corrected chi connectivity index (χ0v) is 16.9. The van der Waals surface area contributed by atoms with Crippen molar-refractivity contribution in [1.82, 2.24) is 20.1 Å². The van der Waals surface area contributed by atoms with Gasteiger partial charge in [-0.1, -0.05) is 54.2 Å². The Kier molecular flexibility index (Phi) is 7.08. The molecule has 0 bridgehead atoms. The summed E-state index contributed by atoms with van der Waals surface area (Å²) in [4.78, 5) is 12.1. The van der Waals surface area contributed by atoms with Crippen LogP contribution in [0, 0.1) is 6.92 Å². The van der Waals surface area contributed by atoms with Gasteiger partial charge in [0.15, 0.2) is 11.0 Å². The first-order valence-corrected chi connectivity index (χ1v) is 10.2. The van der Waals surface area contributed by atoms with Crippen LogP contribution in [-0.2, 0) is 11.3 Å². The number of hydrogen-bond donors (Lipinski definition) is 1. The van der Waals surface area contributed by atoms with Gasteiger partial charge in [0.1, 0.15) is 12.4 Å². The first kappa shape index (κ1) is 19.9. The Morgan fingerprint density at radius 2 is 1.96 bits per heavy atom. The zero-order valence-electron chi connectivity index (χ0n) is 16.1. The molecule has 0 spiro atoms. The van der Waals surface area contributed by atoms with Crippen LogP contribution in [0.1, 0.15) is 12.5 Å². The van der Waals surface area contributed by atoms with Gasteiger partial charge in [0.05, 0.1) is 12.3 Å². The fraction of sp³-hybridized carbons (Fsp3) is 0.286. The van der Waals surface area contributed by atoms with E-state index >= 15 is 0 Å². The molecule has 0 aliphatic rings. The lowest BCUT2D eigenvalue weighted by molar-refractivity contribution is -0.118. The molecular formula is C21H24N4O2S. The van der Waals surface area contributed by atoms with Gasteiger partial charge in [-0.15, -0.1) is 10.2 Å². The molecule has 3 aromatic rings. The van der Waals surface area contributed by atoms with Gasteiger partial charge in [-0.2, -0.15) is 0 Å². The third-order valence-electron chi connectivity index (χ3n) is 4.08.